The molecule has 3 heterocycles. The van der Waals surface area contributed by atoms with E-state index in [1.54, 1.807) is 46.0 Å². The normalized spacial score (nSPS) is 12.7. The van der Waals surface area contributed by atoms with Crippen LogP contribution >= 0.6 is 11.6 Å². The summed E-state index contributed by atoms with van der Waals surface area (Å²) in [5, 5.41) is 8.43. The van der Waals surface area contributed by atoms with Crippen molar-refractivity contribution in [3.05, 3.63) is 74.4 Å². The molecule has 200 valence electrons. The van der Waals surface area contributed by atoms with Crippen molar-refractivity contribution in [2.75, 3.05) is 5.32 Å². The van der Waals surface area contributed by atoms with Gasteiger partial charge in [0.15, 0.2) is 11.1 Å². The van der Waals surface area contributed by atoms with Gasteiger partial charge in [0.25, 0.3) is 0 Å². The van der Waals surface area contributed by atoms with E-state index >= 15 is 0 Å². The molecule has 0 amide bonds. The number of hydrogen-bond donors (Lipinski definition) is 1. The van der Waals surface area contributed by atoms with Crippen molar-refractivity contribution in [3.8, 4) is 11.3 Å². The lowest BCUT2D eigenvalue weighted by Crippen LogP contribution is -2.25. The Morgan fingerprint density at radius 2 is 1.87 bits per heavy atom. The third kappa shape index (κ3) is 5.60. The Bertz CT molecular complexity index is 1580. The summed E-state index contributed by atoms with van der Waals surface area (Å²) < 4.78 is 13.8. The van der Waals surface area contributed by atoms with E-state index in [4.69, 9.17) is 20.8 Å². The number of halogens is 1. The van der Waals surface area contributed by atoms with Gasteiger partial charge in [-0.25, -0.2) is 9.78 Å². The van der Waals surface area contributed by atoms with E-state index < -0.39 is 11.6 Å². The van der Waals surface area contributed by atoms with Crippen LogP contribution in [0.15, 0.2) is 45.9 Å². The van der Waals surface area contributed by atoms with Crippen LogP contribution in [0.2, 0.25) is 5.15 Å². The Morgan fingerprint density at radius 3 is 2.50 bits per heavy atom. The smallest absolute Gasteiger partial charge is 0.359 e. The Hall–Kier alpha value is -3.65. The number of fused-ring (bicyclic) bond motifs is 1. The minimum Gasteiger partial charge on any atom is -0.455 e. The monoisotopic (exact) mass is 536 g/mol. The molecule has 1 N–H and O–H groups in total. The molecule has 1 atom stereocenters. The summed E-state index contributed by atoms with van der Waals surface area (Å²) >= 11 is 6.11. The first-order valence-electron chi connectivity index (χ1n) is 12.5. The van der Waals surface area contributed by atoms with Crippen molar-refractivity contribution in [1.29, 1.82) is 0 Å². The van der Waals surface area contributed by atoms with Crippen LogP contribution in [0.5, 0.6) is 0 Å². The first-order valence-corrected chi connectivity index (χ1v) is 12.9. The van der Waals surface area contributed by atoms with Crippen LogP contribution < -0.4 is 10.7 Å². The largest absolute Gasteiger partial charge is 0.455 e. The molecule has 1 aromatic carbocycles. The maximum absolute atomic E-state index is 13.5. The number of nitrogens with one attached hydrogen (secondary N) is 1. The van der Waals surface area contributed by atoms with E-state index in [1.165, 1.54) is 0 Å². The van der Waals surface area contributed by atoms with Gasteiger partial charge in [-0.15, -0.1) is 0 Å². The van der Waals surface area contributed by atoms with Crippen molar-refractivity contribution >= 4 is 34.2 Å². The minimum absolute atomic E-state index is 0.0790. The van der Waals surface area contributed by atoms with Crippen LogP contribution in [-0.2, 0) is 4.74 Å². The number of pyridine rings is 1. The SMILES string of the molecule is Cc1cc([C@@H](C)Nc2ccc(Cl)nc2C(=O)OC(C)(C)C)c2oc(-c3cnn(C(C)C)c3)c(C)c(=O)c2c1. The summed E-state index contributed by atoms with van der Waals surface area (Å²) in [7, 11) is 0. The lowest BCUT2D eigenvalue weighted by molar-refractivity contribution is 0.00640. The number of aromatic nitrogens is 3. The number of hydrogen-bond acceptors (Lipinski definition) is 7. The number of ether oxygens (including phenoxy) is 1. The zero-order chi connectivity index (χ0) is 27.9. The summed E-state index contributed by atoms with van der Waals surface area (Å²) in [5.74, 6) is -0.107. The van der Waals surface area contributed by atoms with Crippen molar-refractivity contribution in [1.82, 2.24) is 14.8 Å². The van der Waals surface area contributed by atoms with E-state index in [2.05, 4.69) is 15.4 Å². The Kier molecular flexibility index (Phi) is 7.39. The standard InChI is InChI=1S/C29H33ClN4O4/c1-15(2)34-14-19(13-31-34)26-17(4)25(35)21-12-16(3)11-20(27(21)37-26)18(5)32-22-9-10-23(30)33-24(22)28(36)38-29(6,7)8/h9-15,18,32H,1-8H3/t18-/m1/s1. The molecule has 0 saturated carbocycles. The van der Waals surface area contributed by atoms with Gasteiger partial charge in [0, 0.05) is 23.4 Å². The first kappa shape index (κ1) is 27.4. The van der Waals surface area contributed by atoms with E-state index in [0.29, 0.717) is 28.0 Å². The zero-order valence-corrected chi connectivity index (χ0v) is 23.7. The van der Waals surface area contributed by atoms with Gasteiger partial charge in [-0.05, 0) is 79.2 Å². The maximum atomic E-state index is 13.5. The van der Waals surface area contributed by atoms with Gasteiger partial charge in [-0.1, -0.05) is 17.7 Å². The second-order valence-corrected chi connectivity index (χ2v) is 11.2. The predicted molar refractivity (Wildman–Crippen MR) is 150 cm³/mol. The minimum atomic E-state index is -0.697. The number of benzene rings is 1. The summed E-state index contributed by atoms with van der Waals surface area (Å²) in [6.07, 6.45) is 3.59. The second-order valence-electron chi connectivity index (χ2n) is 10.8. The van der Waals surface area contributed by atoms with Crippen LogP contribution in [0, 0.1) is 13.8 Å². The molecular formula is C29H33ClN4O4. The molecule has 0 spiro atoms. The van der Waals surface area contributed by atoms with Crippen LogP contribution in [0.4, 0.5) is 5.69 Å². The Labute approximate surface area is 227 Å². The number of nitrogens with zero attached hydrogens (tertiary/aromatic N) is 3. The van der Waals surface area contributed by atoms with Crippen LogP contribution in [0.1, 0.15) is 80.8 Å². The first-order chi connectivity index (χ1) is 17.7. The maximum Gasteiger partial charge on any atom is 0.359 e. The van der Waals surface area contributed by atoms with E-state index in [0.717, 1.165) is 16.7 Å². The molecule has 8 nitrogen and oxygen atoms in total. The molecule has 0 aliphatic heterocycles. The van der Waals surface area contributed by atoms with Gasteiger partial charge in [0.05, 0.1) is 28.9 Å². The third-order valence-corrected chi connectivity index (χ3v) is 6.29. The van der Waals surface area contributed by atoms with Crippen molar-refractivity contribution in [2.24, 2.45) is 0 Å². The third-order valence-electron chi connectivity index (χ3n) is 6.08. The summed E-state index contributed by atoms with van der Waals surface area (Å²) in [6.45, 7) is 15.1. The number of esters is 1. The molecule has 9 heteroatoms. The van der Waals surface area contributed by atoms with E-state index in [-0.39, 0.29) is 28.4 Å². The number of anilines is 1. The topological polar surface area (TPSA) is 99.2 Å². The molecule has 0 aliphatic rings. The van der Waals surface area contributed by atoms with Gasteiger partial charge in [0.2, 0.25) is 0 Å². The molecule has 38 heavy (non-hydrogen) atoms. The molecule has 0 unspecified atom stereocenters. The fourth-order valence-electron chi connectivity index (χ4n) is 4.25. The van der Waals surface area contributed by atoms with Crippen molar-refractivity contribution < 1.29 is 13.9 Å². The van der Waals surface area contributed by atoms with Gasteiger partial charge in [0.1, 0.15) is 22.1 Å². The quantitative estimate of drug-likeness (QED) is 0.208. The molecule has 4 aromatic rings. The highest BCUT2D eigenvalue weighted by Gasteiger charge is 2.25. The molecular weight excluding hydrogens is 504 g/mol. The predicted octanol–water partition coefficient (Wildman–Crippen LogP) is 7.03. The fraction of sp³-hybridized carbons (Fsp3) is 0.379. The highest BCUT2D eigenvalue weighted by molar-refractivity contribution is 6.29. The van der Waals surface area contributed by atoms with E-state index in [1.807, 2.05) is 50.7 Å². The second kappa shape index (κ2) is 10.3. The molecule has 0 saturated heterocycles. The summed E-state index contributed by atoms with van der Waals surface area (Å²) in [6, 6.07) is 6.91. The number of carbonyl (C=O) groups is 1. The highest BCUT2D eigenvalue weighted by Crippen LogP contribution is 2.33. The molecule has 0 aliphatic carbocycles. The van der Waals surface area contributed by atoms with Crippen molar-refractivity contribution in [2.45, 2.75) is 73.1 Å². The molecule has 0 bridgehead atoms. The zero-order valence-electron chi connectivity index (χ0n) is 23.0. The van der Waals surface area contributed by atoms with Gasteiger partial charge < -0.3 is 14.5 Å². The van der Waals surface area contributed by atoms with Crippen LogP contribution in [0.3, 0.4) is 0 Å². The molecule has 3 aromatic heterocycles. The molecule has 0 radical (unpaired) electrons. The summed E-state index contributed by atoms with van der Waals surface area (Å²) in [4.78, 5) is 30.6. The number of carbonyl (C=O) groups excluding carboxylic acids is 1. The van der Waals surface area contributed by atoms with Crippen LogP contribution in [0.25, 0.3) is 22.3 Å². The Balaban J connectivity index is 1.82. The average molecular weight is 537 g/mol. The lowest BCUT2D eigenvalue weighted by atomic mass is 9.99. The van der Waals surface area contributed by atoms with Gasteiger partial charge in [-0.3, -0.25) is 9.48 Å². The van der Waals surface area contributed by atoms with Gasteiger partial charge in [-0.2, -0.15) is 5.10 Å². The average Bonchev–Trinajstić information content (AvgIpc) is 3.31. The highest BCUT2D eigenvalue weighted by atomic mass is 35.5. The van der Waals surface area contributed by atoms with E-state index in [9.17, 15) is 9.59 Å². The summed E-state index contributed by atoms with van der Waals surface area (Å²) in [5.41, 5.74) is 3.14. The van der Waals surface area contributed by atoms with Crippen LogP contribution in [-0.4, -0.2) is 26.3 Å². The lowest BCUT2D eigenvalue weighted by Gasteiger charge is -2.22. The molecule has 0 fully saturated rings. The number of rotatable bonds is 6. The van der Waals surface area contributed by atoms with Crippen molar-refractivity contribution in [3.63, 3.8) is 0 Å². The van der Waals surface area contributed by atoms with Gasteiger partial charge >= 0.3 is 5.97 Å². The molecule has 4 rings (SSSR count). The fourth-order valence-corrected chi connectivity index (χ4v) is 4.39. The Morgan fingerprint density at radius 1 is 1.16 bits per heavy atom. The number of aryl methyl sites for hydroxylation is 1.